The van der Waals surface area contributed by atoms with E-state index in [0.717, 1.165) is 33.7 Å². The Hall–Kier alpha value is -3.04. The second-order valence-electron chi connectivity index (χ2n) is 6.09. The van der Waals surface area contributed by atoms with Gasteiger partial charge in [-0.3, -0.25) is 9.59 Å². The number of alkyl halides is 3. The first kappa shape index (κ1) is 20.2. The summed E-state index contributed by atoms with van der Waals surface area (Å²) in [6.07, 6.45) is -4.88. The topological polar surface area (TPSA) is 46.6 Å². The molecule has 0 N–H and O–H groups in total. The lowest BCUT2D eigenvalue weighted by atomic mass is 10.2. The monoisotopic (exact) mass is 447 g/mol. The van der Waals surface area contributed by atoms with Crippen molar-refractivity contribution in [1.29, 1.82) is 0 Å². The van der Waals surface area contributed by atoms with Crippen LogP contribution in [0.4, 0.5) is 18.9 Å². The summed E-state index contributed by atoms with van der Waals surface area (Å²) in [6, 6.07) is 17.4. The molecule has 1 aromatic heterocycles. The van der Waals surface area contributed by atoms with Crippen molar-refractivity contribution in [2.24, 2.45) is 0 Å². The lowest BCUT2D eigenvalue weighted by Crippen LogP contribution is -2.31. The van der Waals surface area contributed by atoms with E-state index >= 15 is 0 Å². The molecule has 9 heteroatoms. The number of carbonyl (C=O) groups is 2. The van der Waals surface area contributed by atoms with E-state index in [1.54, 1.807) is 17.5 Å². The van der Waals surface area contributed by atoms with Gasteiger partial charge >= 0.3 is 6.36 Å². The van der Waals surface area contributed by atoms with Crippen molar-refractivity contribution in [3.63, 3.8) is 0 Å². The molecule has 0 unspecified atom stereocenters. The van der Waals surface area contributed by atoms with E-state index in [1.807, 2.05) is 30.3 Å². The van der Waals surface area contributed by atoms with Crippen LogP contribution in [0.5, 0.6) is 5.75 Å². The molecule has 30 heavy (non-hydrogen) atoms. The largest absolute Gasteiger partial charge is 0.573 e. The van der Waals surface area contributed by atoms with Gasteiger partial charge in [-0.2, -0.15) is 0 Å². The summed E-state index contributed by atoms with van der Waals surface area (Å²) in [6.45, 7) is 0. The molecule has 0 aliphatic carbocycles. The Morgan fingerprint density at radius 2 is 1.67 bits per heavy atom. The lowest BCUT2D eigenvalue weighted by molar-refractivity contribution is -0.274. The predicted molar refractivity (Wildman–Crippen MR) is 109 cm³/mol. The molecular formula is C21H12F3NO3S2. The minimum Gasteiger partial charge on any atom is -0.406 e. The van der Waals surface area contributed by atoms with Crippen molar-refractivity contribution in [3.05, 3.63) is 81.9 Å². The number of rotatable bonds is 5. The summed E-state index contributed by atoms with van der Waals surface area (Å²) in [5.74, 6) is -1.70. The highest BCUT2D eigenvalue weighted by Crippen LogP contribution is 2.43. The van der Waals surface area contributed by atoms with Crippen molar-refractivity contribution < 1.29 is 27.5 Å². The molecule has 152 valence electrons. The van der Waals surface area contributed by atoms with Crippen molar-refractivity contribution >= 4 is 46.2 Å². The normalized spacial score (nSPS) is 14.6. The molecule has 0 atom stereocenters. The highest BCUT2D eigenvalue weighted by molar-refractivity contribution is 8.04. The van der Waals surface area contributed by atoms with Gasteiger partial charge in [-0.05, 0) is 35.7 Å². The summed E-state index contributed by atoms with van der Waals surface area (Å²) in [4.78, 5) is 28.8. The molecule has 0 fully saturated rings. The number of anilines is 1. The van der Waals surface area contributed by atoms with Gasteiger partial charge in [-0.25, -0.2) is 4.90 Å². The van der Waals surface area contributed by atoms with E-state index in [1.165, 1.54) is 23.5 Å². The molecule has 2 aromatic carbocycles. The quantitative estimate of drug-likeness (QED) is 0.469. The molecule has 1 aliphatic heterocycles. The van der Waals surface area contributed by atoms with E-state index in [9.17, 15) is 22.8 Å². The van der Waals surface area contributed by atoms with Gasteiger partial charge in [-0.1, -0.05) is 42.1 Å². The van der Waals surface area contributed by atoms with Crippen molar-refractivity contribution in [2.45, 2.75) is 11.3 Å². The van der Waals surface area contributed by atoms with E-state index < -0.39 is 23.9 Å². The van der Waals surface area contributed by atoms with Crippen LogP contribution in [-0.2, 0) is 9.59 Å². The average molecular weight is 447 g/mol. The van der Waals surface area contributed by atoms with Gasteiger partial charge in [0.15, 0.2) is 0 Å². The summed E-state index contributed by atoms with van der Waals surface area (Å²) in [5.41, 5.74) is 0.232. The van der Waals surface area contributed by atoms with Gasteiger partial charge in [0.1, 0.15) is 5.75 Å². The Bertz CT molecular complexity index is 1130. The molecule has 4 rings (SSSR count). The van der Waals surface area contributed by atoms with Crippen molar-refractivity contribution in [2.75, 3.05) is 4.90 Å². The molecule has 3 aromatic rings. The first-order chi connectivity index (χ1) is 14.3. The fourth-order valence-corrected chi connectivity index (χ4v) is 4.74. The van der Waals surface area contributed by atoms with Crippen molar-refractivity contribution in [3.8, 4) is 5.75 Å². The van der Waals surface area contributed by atoms with Crippen LogP contribution in [0.3, 0.4) is 0 Å². The molecule has 0 spiro atoms. The summed E-state index contributed by atoms with van der Waals surface area (Å²) in [7, 11) is 0. The number of benzene rings is 2. The number of imide groups is 1. The molecule has 0 bridgehead atoms. The third-order valence-corrected chi connectivity index (χ3v) is 6.06. The zero-order valence-electron chi connectivity index (χ0n) is 15.1. The Morgan fingerprint density at radius 1 is 0.900 bits per heavy atom. The zero-order chi connectivity index (χ0) is 21.3. The number of thiophene rings is 1. The van der Waals surface area contributed by atoms with Crippen LogP contribution in [0.2, 0.25) is 0 Å². The van der Waals surface area contributed by atoms with Crippen LogP contribution in [0.25, 0.3) is 5.57 Å². The fraction of sp³-hybridized carbons (Fsp3) is 0.0476. The van der Waals surface area contributed by atoms with Gasteiger partial charge in [-0.15, -0.1) is 24.5 Å². The Morgan fingerprint density at radius 3 is 2.33 bits per heavy atom. The Kier molecular flexibility index (Phi) is 5.40. The Balaban J connectivity index is 1.74. The maximum absolute atomic E-state index is 13.2. The third kappa shape index (κ3) is 4.12. The summed E-state index contributed by atoms with van der Waals surface area (Å²) >= 11 is 2.45. The molecule has 4 nitrogen and oxygen atoms in total. The first-order valence-corrected chi connectivity index (χ1v) is 10.3. The minimum absolute atomic E-state index is 0.00414. The second-order valence-corrected chi connectivity index (χ2v) is 8.12. The van der Waals surface area contributed by atoms with Crippen LogP contribution in [0, 0.1) is 0 Å². The Labute approximate surface area is 177 Å². The van der Waals surface area contributed by atoms with E-state index in [2.05, 4.69) is 4.74 Å². The van der Waals surface area contributed by atoms with Gasteiger partial charge in [0.25, 0.3) is 11.8 Å². The highest BCUT2D eigenvalue weighted by atomic mass is 32.2. The lowest BCUT2D eigenvalue weighted by Gasteiger charge is -2.17. The van der Waals surface area contributed by atoms with Gasteiger partial charge in [0.2, 0.25) is 0 Å². The molecule has 2 amide bonds. The van der Waals surface area contributed by atoms with Crippen LogP contribution in [-0.4, -0.2) is 18.2 Å². The van der Waals surface area contributed by atoms with E-state index in [0.29, 0.717) is 4.88 Å². The van der Waals surface area contributed by atoms with Gasteiger partial charge in [0, 0.05) is 15.8 Å². The third-order valence-electron chi connectivity index (χ3n) is 4.08. The average Bonchev–Trinajstić information content (AvgIpc) is 3.29. The van der Waals surface area contributed by atoms with Crippen LogP contribution in [0.1, 0.15) is 4.88 Å². The molecular weight excluding hydrogens is 435 g/mol. The molecule has 1 aliphatic rings. The molecule has 0 saturated heterocycles. The number of hydrogen-bond acceptors (Lipinski definition) is 5. The van der Waals surface area contributed by atoms with Crippen molar-refractivity contribution in [1.82, 2.24) is 0 Å². The van der Waals surface area contributed by atoms with Crippen LogP contribution >= 0.6 is 23.1 Å². The van der Waals surface area contributed by atoms with Gasteiger partial charge in [0.05, 0.1) is 16.2 Å². The summed E-state index contributed by atoms with van der Waals surface area (Å²) < 4.78 is 41.7. The smallest absolute Gasteiger partial charge is 0.406 e. The maximum Gasteiger partial charge on any atom is 0.573 e. The fourth-order valence-electron chi connectivity index (χ4n) is 2.90. The van der Waals surface area contributed by atoms with E-state index in [-0.39, 0.29) is 16.2 Å². The van der Waals surface area contributed by atoms with Crippen LogP contribution in [0.15, 0.2) is 81.9 Å². The maximum atomic E-state index is 13.2. The molecule has 0 radical (unpaired) electrons. The zero-order valence-corrected chi connectivity index (χ0v) is 16.7. The summed E-state index contributed by atoms with van der Waals surface area (Å²) in [5, 5.41) is 1.78. The number of halogens is 3. The predicted octanol–water partition coefficient (Wildman–Crippen LogP) is 5.72. The number of amides is 2. The van der Waals surface area contributed by atoms with E-state index in [4.69, 9.17) is 0 Å². The standard InChI is InChI=1S/C21H12F3NO3S2/c22-21(23,24)28-14-7-4-6-13(12-14)25-19(26)17(16-10-5-11-29-16)18(20(25)27)30-15-8-2-1-3-9-15/h1-12H. The number of thioether (sulfide) groups is 1. The number of hydrogen-bond donors (Lipinski definition) is 0. The minimum atomic E-state index is -4.88. The first-order valence-electron chi connectivity index (χ1n) is 8.59. The number of carbonyl (C=O) groups excluding carboxylic acids is 2. The SMILES string of the molecule is O=C1C(Sc2ccccc2)=C(c2cccs2)C(=O)N1c1cccc(OC(F)(F)F)c1. The second kappa shape index (κ2) is 8.00. The highest BCUT2D eigenvalue weighted by Gasteiger charge is 2.41. The van der Waals surface area contributed by atoms with Gasteiger partial charge < -0.3 is 4.74 Å². The molecule has 2 heterocycles. The van der Waals surface area contributed by atoms with Crippen LogP contribution < -0.4 is 9.64 Å². The molecule has 0 saturated carbocycles. The number of nitrogens with zero attached hydrogens (tertiary/aromatic N) is 1. The number of ether oxygens (including phenoxy) is 1.